The van der Waals surface area contributed by atoms with Gasteiger partial charge in [0.1, 0.15) is 0 Å². The van der Waals surface area contributed by atoms with Gasteiger partial charge in [0.15, 0.2) is 0 Å². The number of carbonyl (C=O) groups excluding carboxylic acids is 1. The highest BCUT2D eigenvalue weighted by atomic mass is 16.5. The fraction of sp³-hybridized carbons (Fsp3) is 0.438. The Morgan fingerprint density at radius 3 is 3.10 bits per heavy atom. The van der Waals surface area contributed by atoms with Crippen LogP contribution in [0.4, 0.5) is 4.79 Å². The van der Waals surface area contributed by atoms with E-state index in [1.54, 1.807) is 7.11 Å². The van der Waals surface area contributed by atoms with E-state index in [4.69, 9.17) is 4.74 Å². The Labute approximate surface area is 124 Å². The van der Waals surface area contributed by atoms with Crippen LogP contribution in [-0.4, -0.2) is 42.7 Å². The Morgan fingerprint density at radius 1 is 1.48 bits per heavy atom. The van der Waals surface area contributed by atoms with E-state index in [0.29, 0.717) is 13.2 Å². The van der Waals surface area contributed by atoms with E-state index in [1.165, 1.54) is 10.9 Å². The molecule has 3 rings (SSSR count). The molecule has 0 aliphatic carbocycles. The van der Waals surface area contributed by atoms with Crippen molar-refractivity contribution in [2.75, 3.05) is 26.8 Å². The summed E-state index contributed by atoms with van der Waals surface area (Å²) in [6.07, 6.45) is 0.890. The Hall–Kier alpha value is -2.01. The van der Waals surface area contributed by atoms with Crippen molar-refractivity contribution in [1.29, 1.82) is 0 Å². The topological polar surface area (TPSA) is 57.4 Å². The summed E-state index contributed by atoms with van der Waals surface area (Å²) in [6.45, 7) is 3.89. The number of hydrogen-bond acceptors (Lipinski definition) is 2. The summed E-state index contributed by atoms with van der Waals surface area (Å²) in [5.74, 6) is 0. The normalized spacial score (nSPS) is 17.8. The van der Waals surface area contributed by atoms with Gasteiger partial charge in [-0.3, -0.25) is 0 Å². The van der Waals surface area contributed by atoms with Crippen molar-refractivity contribution in [3.8, 4) is 0 Å². The molecule has 1 unspecified atom stereocenters. The zero-order valence-electron chi connectivity index (χ0n) is 12.5. The molecule has 0 bridgehead atoms. The second-order valence-corrected chi connectivity index (χ2v) is 5.41. The van der Waals surface area contributed by atoms with E-state index in [1.807, 2.05) is 11.0 Å². The summed E-state index contributed by atoms with van der Waals surface area (Å²) in [5.41, 5.74) is 3.65. The lowest BCUT2D eigenvalue weighted by Crippen LogP contribution is -2.45. The number of benzene rings is 1. The smallest absolute Gasteiger partial charge is 0.318 e. The van der Waals surface area contributed by atoms with Crippen LogP contribution >= 0.6 is 0 Å². The van der Waals surface area contributed by atoms with Crippen LogP contribution in [0.15, 0.2) is 24.3 Å². The zero-order valence-corrected chi connectivity index (χ0v) is 12.5. The fourth-order valence-electron chi connectivity index (χ4n) is 3.07. The van der Waals surface area contributed by atoms with E-state index in [-0.39, 0.29) is 12.1 Å². The van der Waals surface area contributed by atoms with Crippen molar-refractivity contribution < 1.29 is 9.53 Å². The van der Waals surface area contributed by atoms with Gasteiger partial charge in [0.25, 0.3) is 0 Å². The van der Waals surface area contributed by atoms with Crippen LogP contribution in [0.25, 0.3) is 10.9 Å². The van der Waals surface area contributed by atoms with Crippen LogP contribution in [0, 0.1) is 0 Å². The number of ether oxygens (including phenoxy) is 1. The van der Waals surface area contributed by atoms with Gasteiger partial charge in [0.2, 0.25) is 0 Å². The SMILES string of the molecule is COCCNC(=O)N1CCc2c([nH]c3ccccc23)C1C. The molecule has 112 valence electrons. The molecule has 0 radical (unpaired) electrons. The van der Waals surface area contributed by atoms with Crippen molar-refractivity contribution in [2.45, 2.75) is 19.4 Å². The lowest BCUT2D eigenvalue weighted by atomic mass is 9.99. The Kier molecular flexibility index (Phi) is 3.84. The van der Waals surface area contributed by atoms with Crippen molar-refractivity contribution in [3.05, 3.63) is 35.5 Å². The minimum absolute atomic E-state index is 0.0242. The van der Waals surface area contributed by atoms with Crippen LogP contribution in [-0.2, 0) is 11.2 Å². The van der Waals surface area contributed by atoms with Crippen LogP contribution < -0.4 is 5.32 Å². The summed E-state index contributed by atoms with van der Waals surface area (Å²) in [5, 5.41) is 4.17. The Balaban J connectivity index is 1.82. The van der Waals surface area contributed by atoms with E-state index >= 15 is 0 Å². The number of urea groups is 1. The van der Waals surface area contributed by atoms with Gasteiger partial charge in [-0.25, -0.2) is 4.79 Å². The third-order valence-electron chi connectivity index (χ3n) is 4.18. The van der Waals surface area contributed by atoms with Gasteiger partial charge in [-0.1, -0.05) is 18.2 Å². The van der Waals surface area contributed by atoms with Gasteiger partial charge < -0.3 is 19.9 Å². The number of nitrogens with one attached hydrogen (secondary N) is 2. The monoisotopic (exact) mass is 287 g/mol. The molecule has 0 spiro atoms. The summed E-state index contributed by atoms with van der Waals surface area (Å²) in [6, 6.07) is 8.36. The van der Waals surface area contributed by atoms with Gasteiger partial charge >= 0.3 is 6.03 Å². The third-order valence-corrected chi connectivity index (χ3v) is 4.18. The lowest BCUT2D eigenvalue weighted by Gasteiger charge is -2.33. The van der Waals surface area contributed by atoms with Crippen molar-refractivity contribution in [3.63, 3.8) is 0 Å². The number of H-pyrrole nitrogens is 1. The minimum Gasteiger partial charge on any atom is -0.383 e. The van der Waals surface area contributed by atoms with Crippen LogP contribution in [0.5, 0.6) is 0 Å². The molecule has 1 atom stereocenters. The van der Waals surface area contributed by atoms with Crippen LogP contribution in [0.2, 0.25) is 0 Å². The molecule has 2 heterocycles. The third kappa shape index (κ3) is 2.49. The number of methoxy groups -OCH3 is 1. The molecule has 2 N–H and O–H groups in total. The molecule has 1 aromatic carbocycles. The molecule has 1 aromatic heterocycles. The highest BCUT2D eigenvalue weighted by Gasteiger charge is 2.29. The van der Waals surface area contributed by atoms with Gasteiger partial charge in [-0.05, 0) is 25.0 Å². The largest absolute Gasteiger partial charge is 0.383 e. The van der Waals surface area contributed by atoms with E-state index < -0.39 is 0 Å². The number of aromatic nitrogens is 1. The fourth-order valence-corrected chi connectivity index (χ4v) is 3.07. The van der Waals surface area contributed by atoms with Crippen molar-refractivity contribution in [1.82, 2.24) is 15.2 Å². The molecule has 0 fully saturated rings. The molecular formula is C16H21N3O2. The number of rotatable bonds is 3. The molecule has 2 amide bonds. The Morgan fingerprint density at radius 2 is 2.29 bits per heavy atom. The predicted octanol–water partition coefficient (Wildman–Crippen LogP) is 2.44. The second kappa shape index (κ2) is 5.77. The van der Waals surface area contributed by atoms with Crippen molar-refractivity contribution in [2.24, 2.45) is 0 Å². The molecule has 0 saturated heterocycles. The second-order valence-electron chi connectivity index (χ2n) is 5.41. The van der Waals surface area contributed by atoms with Crippen LogP contribution in [0.1, 0.15) is 24.2 Å². The summed E-state index contributed by atoms with van der Waals surface area (Å²) in [7, 11) is 1.63. The van der Waals surface area contributed by atoms with Crippen LogP contribution in [0.3, 0.4) is 0 Å². The van der Waals surface area contributed by atoms with Gasteiger partial charge in [-0.15, -0.1) is 0 Å². The first-order valence-corrected chi connectivity index (χ1v) is 7.35. The number of carbonyl (C=O) groups is 1. The minimum atomic E-state index is -0.0242. The molecular weight excluding hydrogens is 266 g/mol. The number of para-hydroxylation sites is 1. The highest BCUT2D eigenvalue weighted by molar-refractivity contribution is 5.86. The molecule has 21 heavy (non-hydrogen) atoms. The summed E-state index contributed by atoms with van der Waals surface area (Å²) in [4.78, 5) is 17.6. The first kappa shape index (κ1) is 13.9. The predicted molar refractivity (Wildman–Crippen MR) is 82.4 cm³/mol. The van der Waals surface area contributed by atoms with Gasteiger partial charge in [0, 0.05) is 36.8 Å². The van der Waals surface area contributed by atoms with E-state index in [9.17, 15) is 4.79 Å². The number of amides is 2. The maximum atomic E-state index is 12.3. The molecule has 5 nitrogen and oxygen atoms in total. The molecule has 2 aromatic rings. The maximum absolute atomic E-state index is 12.3. The average molecular weight is 287 g/mol. The van der Waals surface area contributed by atoms with Crippen molar-refractivity contribution >= 4 is 16.9 Å². The number of hydrogen-bond donors (Lipinski definition) is 2. The lowest BCUT2D eigenvalue weighted by molar-refractivity contribution is 0.163. The van der Waals surface area contributed by atoms with Gasteiger partial charge in [-0.2, -0.15) is 0 Å². The van der Waals surface area contributed by atoms with E-state index in [0.717, 1.165) is 24.2 Å². The highest BCUT2D eigenvalue weighted by Crippen LogP contribution is 2.33. The molecule has 0 saturated carbocycles. The molecule has 1 aliphatic heterocycles. The van der Waals surface area contributed by atoms with Gasteiger partial charge in [0.05, 0.1) is 12.6 Å². The average Bonchev–Trinajstić information content (AvgIpc) is 2.87. The molecule has 1 aliphatic rings. The van der Waals surface area contributed by atoms with E-state index in [2.05, 4.69) is 35.4 Å². The maximum Gasteiger partial charge on any atom is 0.318 e. The first-order chi connectivity index (χ1) is 10.2. The number of aromatic amines is 1. The standard InChI is InChI=1S/C16H21N3O2/c1-11-15-13(12-5-3-4-6-14(12)18-15)7-9-19(11)16(20)17-8-10-21-2/h3-6,11,18H,7-10H2,1-2H3,(H,17,20). The number of fused-ring (bicyclic) bond motifs is 3. The Bertz CT molecular complexity index is 650. The quantitative estimate of drug-likeness (QED) is 0.852. The summed E-state index contributed by atoms with van der Waals surface area (Å²) >= 11 is 0. The molecule has 5 heteroatoms. The number of nitrogens with zero attached hydrogens (tertiary/aromatic N) is 1. The summed E-state index contributed by atoms with van der Waals surface area (Å²) < 4.78 is 4.96. The first-order valence-electron chi connectivity index (χ1n) is 7.35. The zero-order chi connectivity index (χ0) is 14.8.